The first-order valence-corrected chi connectivity index (χ1v) is 12.1. The van der Waals surface area contributed by atoms with Crippen LogP contribution in [0.25, 0.3) is 0 Å². The molecule has 1 heterocycles. The van der Waals surface area contributed by atoms with E-state index in [9.17, 15) is 16.8 Å². The lowest BCUT2D eigenvalue weighted by molar-refractivity contribution is 0.412. The van der Waals surface area contributed by atoms with Crippen LogP contribution in [-0.2, 0) is 19.9 Å². The van der Waals surface area contributed by atoms with Gasteiger partial charge in [-0.15, -0.1) is 0 Å². The predicted molar refractivity (Wildman–Crippen MR) is 108 cm³/mol. The first-order chi connectivity index (χ1) is 13.2. The maximum absolute atomic E-state index is 12.9. The highest BCUT2D eigenvalue weighted by Crippen LogP contribution is 2.32. The van der Waals surface area contributed by atoms with Crippen molar-refractivity contribution in [1.29, 1.82) is 0 Å². The lowest BCUT2D eigenvalue weighted by atomic mass is 10.2. The molecule has 8 nitrogen and oxygen atoms in total. The highest BCUT2D eigenvalue weighted by molar-refractivity contribution is 7.93. The zero-order valence-electron chi connectivity index (χ0n) is 15.7. The van der Waals surface area contributed by atoms with E-state index in [0.29, 0.717) is 11.4 Å². The summed E-state index contributed by atoms with van der Waals surface area (Å²) in [4.78, 5) is 2.01. The second-order valence-electron chi connectivity index (χ2n) is 6.44. The molecular formula is C18H23N3O5S2. The SMILES string of the molecule is COc1ccc(S(=O)(=O)Nc2ccccc2S(C)(=O)=O)cc1N1CCNCC1. The van der Waals surface area contributed by atoms with Crippen molar-refractivity contribution in [2.24, 2.45) is 0 Å². The molecule has 152 valence electrons. The lowest BCUT2D eigenvalue weighted by Crippen LogP contribution is -2.43. The van der Waals surface area contributed by atoms with E-state index in [0.717, 1.165) is 32.4 Å². The van der Waals surface area contributed by atoms with Crippen LogP contribution in [0.2, 0.25) is 0 Å². The Morgan fingerprint density at radius 1 is 1.04 bits per heavy atom. The number of hydrogen-bond donors (Lipinski definition) is 2. The van der Waals surface area contributed by atoms with E-state index in [-0.39, 0.29) is 15.5 Å². The van der Waals surface area contributed by atoms with Crippen molar-refractivity contribution in [3.8, 4) is 5.75 Å². The number of methoxy groups -OCH3 is 1. The number of benzene rings is 2. The Morgan fingerprint density at radius 3 is 2.36 bits per heavy atom. The minimum Gasteiger partial charge on any atom is -0.495 e. The van der Waals surface area contributed by atoms with Crippen molar-refractivity contribution in [1.82, 2.24) is 5.32 Å². The summed E-state index contributed by atoms with van der Waals surface area (Å²) in [5, 5.41) is 3.25. The molecule has 0 atom stereocenters. The molecule has 1 aliphatic rings. The number of piperazine rings is 1. The molecule has 0 bridgehead atoms. The Morgan fingerprint density at radius 2 is 1.71 bits per heavy atom. The van der Waals surface area contributed by atoms with Crippen LogP contribution in [0.1, 0.15) is 0 Å². The van der Waals surface area contributed by atoms with Crippen LogP contribution < -0.4 is 19.7 Å². The van der Waals surface area contributed by atoms with Crippen molar-refractivity contribution in [2.45, 2.75) is 9.79 Å². The molecule has 1 saturated heterocycles. The fraction of sp³-hybridized carbons (Fsp3) is 0.333. The molecule has 10 heteroatoms. The zero-order chi connectivity index (χ0) is 20.4. The van der Waals surface area contributed by atoms with Gasteiger partial charge in [0.15, 0.2) is 9.84 Å². The fourth-order valence-corrected chi connectivity index (χ4v) is 5.08. The summed E-state index contributed by atoms with van der Waals surface area (Å²) < 4.78 is 57.6. The summed E-state index contributed by atoms with van der Waals surface area (Å²) in [6.07, 6.45) is 1.04. The van der Waals surface area contributed by atoms with E-state index in [4.69, 9.17) is 4.74 Å². The van der Waals surface area contributed by atoms with Crippen LogP contribution in [0, 0.1) is 0 Å². The smallest absolute Gasteiger partial charge is 0.262 e. The molecule has 28 heavy (non-hydrogen) atoms. The van der Waals surface area contributed by atoms with E-state index in [1.165, 1.54) is 25.3 Å². The van der Waals surface area contributed by atoms with E-state index in [2.05, 4.69) is 14.9 Å². The molecular weight excluding hydrogens is 402 g/mol. The molecule has 1 fully saturated rings. The second kappa shape index (κ2) is 7.98. The maximum atomic E-state index is 12.9. The average Bonchev–Trinajstić information content (AvgIpc) is 2.67. The van der Waals surface area contributed by atoms with Crippen LogP contribution in [0.5, 0.6) is 5.75 Å². The quantitative estimate of drug-likeness (QED) is 0.719. The van der Waals surface area contributed by atoms with E-state index >= 15 is 0 Å². The molecule has 2 N–H and O–H groups in total. The lowest BCUT2D eigenvalue weighted by Gasteiger charge is -2.30. The molecule has 1 aliphatic heterocycles. The summed E-state index contributed by atoms with van der Waals surface area (Å²) in [5.74, 6) is 0.581. The predicted octanol–water partition coefficient (Wildman–Crippen LogP) is 1.31. The minimum absolute atomic E-state index is 0.0181. The summed E-state index contributed by atoms with van der Waals surface area (Å²) in [6.45, 7) is 3.04. The Hall–Kier alpha value is -2.30. The molecule has 0 aromatic heterocycles. The molecule has 0 amide bonds. The topological polar surface area (TPSA) is 105 Å². The third-order valence-corrected chi connectivity index (χ3v) is 6.97. The summed E-state index contributed by atoms with van der Waals surface area (Å²) in [5.41, 5.74) is 0.702. The van der Waals surface area contributed by atoms with Crippen molar-refractivity contribution in [3.63, 3.8) is 0 Å². The third kappa shape index (κ3) is 4.40. The van der Waals surface area contributed by atoms with Crippen molar-refractivity contribution in [2.75, 3.05) is 49.2 Å². The number of nitrogens with zero attached hydrogens (tertiary/aromatic N) is 1. The first kappa shape index (κ1) is 20.4. The van der Waals surface area contributed by atoms with Gasteiger partial charge in [-0.2, -0.15) is 0 Å². The Labute approximate surface area is 165 Å². The fourth-order valence-electron chi connectivity index (χ4n) is 3.07. The van der Waals surface area contributed by atoms with Gasteiger partial charge in [-0.1, -0.05) is 12.1 Å². The molecule has 0 aliphatic carbocycles. The van der Waals surface area contributed by atoms with E-state index in [1.54, 1.807) is 24.3 Å². The summed E-state index contributed by atoms with van der Waals surface area (Å²) >= 11 is 0. The van der Waals surface area contributed by atoms with Gasteiger partial charge < -0.3 is 15.0 Å². The summed E-state index contributed by atoms with van der Waals surface area (Å²) in [6, 6.07) is 10.5. The van der Waals surface area contributed by atoms with Gasteiger partial charge in [0.2, 0.25) is 0 Å². The standard InChI is InChI=1S/C18H23N3O5S2/c1-26-17-8-7-14(13-16(17)21-11-9-19-10-12-21)28(24,25)20-15-5-3-4-6-18(15)27(2,22)23/h3-8,13,19-20H,9-12H2,1-2H3. The van der Waals surface area contributed by atoms with E-state index < -0.39 is 19.9 Å². The number of anilines is 2. The van der Waals surface area contributed by atoms with Crippen molar-refractivity contribution >= 4 is 31.2 Å². The number of sulfone groups is 1. The second-order valence-corrected chi connectivity index (χ2v) is 10.1. The number of hydrogen-bond acceptors (Lipinski definition) is 7. The zero-order valence-corrected chi connectivity index (χ0v) is 17.3. The highest BCUT2D eigenvalue weighted by Gasteiger charge is 2.23. The Bertz CT molecular complexity index is 1060. The van der Waals surface area contributed by atoms with Gasteiger partial charge in [0, 0.05) is 32.4 Å². The van der Waals surface area contributed by atoms with Crippen LogP contribution >= 0.6 is 0 Å². The Balaban J connectivity index is 1.99. The molecule has 2 aromatic carbocycles. The number of nitrogens with one attached hydrogen (secondary N) is 2. The number of para-hydroxylation sites is 1. The van der Waals surface area contributed by atoms with Crippen molar-refractivity contribution < 1.29 is 21.6 Å². The molecule has 2 aromatic rings. The number of rotatable bonds is 6. The molecule has 0 radical (unpaired) electrons. The van der Waals surface area contributed by atoms with Gasteiger partial charge in [-0.3, -0.25) is 4.72 Å². The molecule has 0 unspecified atom stereocenters. The van der Waals surface area contributed by atoms with Gasteiger partial charge >= 0.3 is 0 Å². The number of ether oxygens (including phenoxy) is 1. The molecule has 3 rings (SSSR count). The number of sulfonamides is 1. The van der Waals surface area contributed by atoms with E-state index in [1.807, 2.05) is 0 Å². The maximum Gasteiger partial charge on any atom is 0.262 e. The van der Waals surface area contributed by atoms with Crippen LogP contribution in [0.4, 0.5) is 11.4 Å². The largest absolute Gasteiger partial charge is 0.495 e. The first-order valence-electron chi connectivity index (χ1n) is 8.68. The van der Waals surface area contributed by atoms with Crippen molar-refractivity contribution in [3.05, 3.63) is 42.5 Å². The monoisotopic (exact) mass is 425 g/mol. The van der Waals surface area contributed by atoms with Crippen LogP contribution in [-0.4, -0.2) is 56.4 Å². The van der Waals surface area contributed by atoms with Crippen LogP contribution in [0.3, 0.4) is 0 Å². The molecule has 0 saturated carbocycles. The average molecular weight is 426 g/mol. The minimum atomic E-state index is -3.99. The highest BCUT2D eigenvalue weighted by atomic mass is 32.2. The summed E-state index contributed by atoms with van der Waals surface area (Å²) in [7, 11) is -6.04. The van der Waals surface area contributed by atoms with Gasteiger partial charge in [-0.25, -0.2) is 16.8 Å². The normalized spacial score (nSPS) is 15.3. The Kier molecular flexibility index (Phi) is 5.82. The van der Waals surface area contributed by atoms with Gasteiger partial charge in [0.05, 0.1) is 28.3 Å². The molecule has 0 spiro atoms. The van der Waals surface area contributed by atoms with Gasteiger partial charge in [-0.05, 0) is 30.3 Å². The van der Waals surface area contributed by atoms with Crippen LogP contribution in [0.15, 0.2) is 52.3 Å². The van der Waals surface area contributed by atoms with Gasteiger partial charge in [0.1, 0.15) is 5.75 Å². The third-order valence-electron chi connectivity index (χ3n) is 4.45. The van der Waals surface area contributed by atoms with Gasteiger partial charge in [0.25, 0.3) is 10.0 Å².